The lowest BCUT2D eigenvalue weighted by Gasteiger charge is -2.30. The third-order valence-corrected chi connectivity index (χ3v) is 6.54. The smallest absolute Gasteiger partial charge is 0.254 e. The van der Waals surface area contributed by atoms with Gasteiger partial charge < -0.3 is 24.4 Å². The zero-order chi connectivity index (χ0) is 26.2. The van der Waals surface area contributed by atoms with Crippen molar-refractivity contribution in [3.63, 3.8) is 0 Å². The van der Waals surface area contributed by atoms with Gasteiger partial charge in [-0.1, -0.05) is 29.8 Å². The predicted molar refractivity (Wildman–Crippen MR) is 142 cm³/mol. The highest BCUT2D eigenvalue weighted by molar-refractivity contribution is 6.31. The molecule has 37 heavy (non-hydrogen) atoms. The summed E-state index contributed by atoms with van der Waals surface area (Å²) < 4.78 is 16.6. The van der Waals surface area contributed by atoms with Crippen molar-refractivity contribution >= 4 is 23.4 Å². The summed E-state index contributed by atoms with van der Waals surface area (Å²) in [5, 5.41) is 3.42. The SMILES string of the molecule is COc1cc(COc2ccc(CN(C(=O)c3cccc(Cl)c3)[C@H]3CCCCNC3=O)cc2)cc(OC)c1. The molecule has 1 saturated heterocycles. The molecular formula is C29H31ClN2O5. The Morgan fingerprint density at radius 1 is 0.946 bits per heavy atom. The van der Waals surface area contributed by atoms with E-state index in [1.54, 1.807) is 43.4 Å². The fourth-order valence-electron chi connectivity index (χ4n) is 4.34. The minimum atomic E-state index is -0.548. The minimum absolute atomic E-state index is 0.124. The molecule has 3 aromatic carbocycles. The molecule has 0 aromatic heterocycles. The van der Waals surface area contributed by atoms with Gasteiger partial charge in [0.15, 0.2) is 0 Å². The van der Waals surface area contributed by atoms with Crippen LogP contribution in [0.5, 0.6) is 17.2 Å². The number of hydrogen-bond donors (Lipinski definition) is 1. The molecule has 1 heterocycles. The van der Waals surface area contributed by atoms with E-state index in [4.69, 9.17) is 25.8 Å². The molecule has 4 rings (SSSR count). The highest BCUT2D eigenvalue weighted by Gasteiger charge is 2.31. The van der Waals surface area contributed by atoms with Crippen LogP contribution < -0.4 is 19.5 Å². The first-order chi connectivity index (χ1) is 18.0. The van der Waals surface area contributed by atoms with Gasteiger partial charge in [-0.2, -0.15) is 0 Å². The molecule has 7 nitrogen and oxygen atoms in total. The second-order valence-electron chi connectivity index (χ2n) is 8.90. The van der Waals surface area contributed by atoms with Crippen molar-refractivity contribution in [3.05, 3.63) is 88.4 Å². The molecule has 1 fully saturated rings. The Kier molecular flexibility index (Phi) is 8.90. The average Bonchev–Trinajstić information content (AvgIpc) is 3.14. The van der Waals surface area contributed by atoms with E-state index in [9.17, 15) is 9.59 Å². The first-order valence-electron chi connectivity index (χ1n) is 12.2. The van der Waals surface area contributed by atoms with Crippen LogP contribution in [0.3, 0.4) is 0 Å². The summed E-state index contributed by atoms with van der Waals surface area (Å²) in [6.07, 6.45) is 2.38. The molecule has 0 aliphatic carbocycles. The molecule has 0 spiro atoms. The molecule has 1 atom stereocenters. The van der Waals surface area contributed by atoms with E-state index in [2.05, 4.69) is 5.32 Å². The van der Waals surface area contributed by atoms with Crippen LogP contribution >= 0.6 is 11.6 Å². The normalized spacial score (nSPS) is 15.3. The molecule has 1 aliphatic rings. The molecule has 1 N–H and O–H groups in total. The molecule has 3 aromatic rings. The van der Waals surface area contributed by atoms with Crippen LogP contribution in [0, 0.1) is 0 Å². The Morgan fingerprint density at radius 3 is 2.35 bits per heavy atom. The number of benzene rings is 3. The largest absolute Gasteiger partial charge is 0.497 e. The Hall–Kier alpha value is -3.71. The lowest BCUT2D eigenvalue weighted by atomic mass is 10.1. The van der Waals surface area contributed by atoms with E-state index in [1.807, 2.05) is 42.5 Å². The first kappa shape index (κ1) is 26.4. The molecule has 1 aliphatic heterocycles. The van der Waals surface area contributed by atoms with Crippen LogP contribution in [0.15, 0.2) is 66.7 Å². The number of halogens is 1. The van der Waals surface area contributed by atoms with Gasteiger partial charge in [0.1, 0.15) is 29.9 Å². The van der Waals surface area contributed by atoms with Crippen molar-refractivity contribution in [2.75, 3.05) is 20.8 Å². The van der Waals surface area contributed by atoms with Crippen LogP contribution in [0.1, 0.15) is 40.7 Å². The molecule has 0 unspecified atom stereocenters. The van der Waals surface area contributed by atoms with Crippen molar-refractivity contribution < 1.29 is 23.8 Å². The van der Waals surface area contributed by atoms with E-state index < -0.39 is 6.04 Å². The second-order valence-corrected chi connectivity index (χ2v) is 9.34. The summed E-state index contributed by atoms with van der Waals surface area (Å²) in [7, 11) is 3.22. The standard InChI is InChI=1S/C29H31ClN2O5/c1-35-25-14-21(15-26(17-25)36-2)19-37-24-11-9-20(10-12-24)18-32(27-8-3-4-13-31-28(27)33)29(34)22-6-5-7-23(30)16-22/h5-7,9-12,14-17,27H,3-4,8,13,18-19H2,1-2H3,(H,31,33)/t27-/m0/s1. The number of carbonyl (C=O) groups excluding carboxylic acids is 2. The predicted octanol–water partition coefficient (Wildman–Crippen LogP) is 5.25. The average molecular weight is 523 g/mol. The summed E-state index contributed by atoms with van der Waals surface area (Å²) in [6, 6.07) is 19.4. The molecule has 194 valence electrons. The van der Waals surface area contributed by atoms with Crippen LogP contribution in [0.25, 0.3) is 0 Å². The summed E-state index contributed by atoms with van der Waals surface area (Å²) in [6.45, 7) is 1.26. The highest BCUT2D eigenvalue weighted by atomic mass is 35.5. The fourth-order valence-corrected chi connectivity index (χ4v) is 4.53. The van der Waals surface area contributed by atoms with E-state index in [0.717, 1.165) is 24.0 Å². The molecule has 8 heteroatoms. The van der Waals surface area contributed by atoms with Gasteiger partial charge in [0.05, 0.1) is 14.2 Å². The summed E-state index contributed by atoms with van der Waals surface area (Å²) in [5.74, 6) is 1.73. The Bertz CT molecular complexity index is 1210. The van der Waals surface area contributed by atoms with E-state index in [-0.39, 0.29) is 18.4 Å². The number of hydrogen-bond acceptors (Lipinski definition) is 5. The highest BCUT2D eigenvalue weighted by Crippen LogP contribution is 2.25. The fraction of sp³-hybridized carbons (Fsp3) is 0.310. The number of carbonyl (C=O) groups is 2. The van der Waals surface area contributed by atoms with Crippen LogP contribution in [-0.4, -0.2) is 43.5 Å². The van der Waals surface area contributed by atoms with E-state index in [1.165, 1.54) is 0 Å². The topological polar surface area (TPSA) is 77.1 Å². The second kappa shape index (κ2) is 12.5. The Balaban J connectivity index is 1.50. The third-order valence-electron chi connectivity index (χ3n) is 6.31. The van der Waals surface area contributed by atoms with Gasteiger partial charge in [-0.05, 0) is 72.9 Å². The van der Waals surface area contributed by atoms with Crippen molar-refractivity contribution in [2.24, 2.45) is 0 Å². The van der Waals surface area contributed by atoms with Crippen molar-refractivity contribution in [3.8, 4) is 17.2 Å². The van der Waals surface area contributed by atoms with Gasteiger partial charge in [-0.15, -0.1) is 0 Å². The summed E-state index contributed by atoms with van der Waals surface area (Å²) in [4.78, 5) is 28.0. The Morgan fingerprint density at radius 2 is 1.68 bits per heavy atom. The Labute approximate surface area is 222 Å². The number of ether oxygens (including phenoxy) is 3. The van der Waals surface area contributed by atoms with Crippen LogP contribution in [0.2, 0.25) is 5.02 Å². The number of amides is 2. The number of nitrogens with zero attached hydrogens (tertiary/aromatic N) is 1. The van der Waals surface area contributed by atoms with Gasteiger partial charge in [0, 0.05) is 29.7 Å². The molecule has 0 bridgehead atoms. The number of rotatable bonds is 9. The first-order valence-corrected chi connectivity index (χ1v) is 12.6. The zero-order valence-electron chi connectivity index (χ0n) is 21.0. The van der Waals surface area contributed by atoms with Crippen molar-refractivity contribution in [1.29, 1.82) is 0 Å². The molecule has 0 radical (unpaired) electrons. The van der Waals surface area contributed by atoms with Crippen LogP contribution in [0.4, 0.5) is 0 Å². The third kappa shape index (κ3) is 6.95. The summed E-state index contributed by atoms with van der Waals surface area (Å²) in [5.41, 5.74) is 2.26. The van der Waals surface area contributed by atoms with E-state index >= 15 is 0 Å². The maximum Gasteiger partial charge on any atom is 0.254 e. The van der Waals surface area contributed by atoms with Gasteiger partial charge in [-0.3, -0.25) is 9.59 Å². The van der Waals surface area contributed by atoms with Gasteiger partial charge in [0.2, 0.25) is 5.91 Å². The minimum Gasteiger partial charge on any atom is -0.497 e. The monoisotopic (exact) mass is 522 g/mol. The summed E-state index contributed by atoms with van der Waals surface area (Å²) >= 11 is 6.14. The maximum absolute atomic E-state index is 13.5. The zero-order valence-corrected chi connectivity index (χ0v) is 21.8. The van der Waals surface area contributed by atoms with E-state index in [0.29, 0.717) is 47.4 Å². The molecule has 2 amide bonds. The molecular weight excluding hydrogens is 492 g/mol. The van der Waals surface area contributed by atoms with Gasteiger partial charge in [-0.25, -0.2) is 0 Å². The lowest BCUT2D eigenvalue weighted by molar-refractivity contribution is -0.125. The quantitative estimate of drug-likeness (QED) is 0.415. The molecule has 0 saturated carbocycles. The number of nitrogens with one attached hydrogen (secondary N) is 1. The number of methoxy groups -OCH3 is 2. The van der Waals surface area contributed by atoms with Gasteiger partial charge in [0.25, 0.3) is 5.91 Å². The lowest BCUT2D eigenvalue weighted by Crippen LogP contribution is -2.48. The maximum atomic E-state index is 13.5. The van der Waals surface area contributed by atoms with Crippen LogP contribution in [-0.2, 0) is 17.9 Å². The van der Waals surface area contributed by atoms with Gasteiger partial charge >= 0.3 is 0 Å². The van der Waals surface area contributed by atoms with Crippen molar-refractivity contribution in [1.82, 2.24) is 10.2 Å². The van der Waals surface area contributed by atoms with Crippen molar-refractivity contribution in [2.45, 2.75) is 38.5 Å².